The molecule has 4 heterocycles. The summed E-state index contributed by atoms with van der Waals surface area (Å²) < 4.78 is 7.92. The number of aliphatic hydroxyl groups is 1. The summed E-state index contributed by atoms with van der Waals surface area (Å²) in [5.74, 6) is 2.62. The average Bonchev–Trinajstić information content (AvgIpc) is 3.43. The summed E-state index contributed by atoms with van der Waals surface area (Å²) in [5, 5.41) is 17.8. The molecule has 6 rings (SSSR count). The van der Waals surface area contributed by atoms with Crippen LogP contribution in [-0.4, -0.2) is 63.1 Å². The summed E-state index contributed by atoms with van der Waals surface area (Å²) in [6.45, 7) is 9.77. The number of likely N-dealkylation sites (tertiary alicyclic amines) is 1. The van der Waals surface area contributed by atoms with Crippen LogP contribution in [0.5, 0.6) is 0 Å². The second-order valence-electron chi connectivity index (χ2n) is 13.1. The van der Waals surface area contributed by atoms with Gasteiger partial charge in [-0.2, -0.15) is 5.10 Å². The highest BCUT2D eigenvalue weighted by atomic mass is 16.5. The molecule has 7 nitrogen and oxygen atoms in total. The quantitative estimate of drug-likeness (QED) is 0.391. The van der Waals surface area contributed by atoms with Crippen molar-refractivity contribution in [1.29, 1.82) is 0 Å². The van der Waals surface area contributed by atoms with Crippen molar-refractivity contribution in [3.05, 3.63) is 65.2 Å². The fraction of sp³-hybridized carbons (Fsp3) is 0.606. The molecule has 0 radical (unpaired) electrons. The molecular formula is C33H45N5O2. The summed E-state index contributed by atoms with van der Waals surface area (Å²) in [6, 6.07) is 11.0. The van der Waals surface area contributed by atoms with Gasteiger partial charge in [0.05, 0.1) is 6.04 Å². The third-order valence-electron chi connectivity index (χ3n) is 9.69. The number of aromatic nitrogens is 4. The van der Waals surface area contributed by atoms with Gasteiger partial charge in [0.25, 0.3) is 0 Å². The fourth-order valence-electron chi connectivity index (χ4n) is 7.39. The number of rotatable bonds is 7. The van der Waals surface area contributed by atoms with Crippen LogP contribution < -0.4 is 0 Å². The first-order valence-electron chi connectivity index (χ1n) is 15.3. The topological polar surface area (TPSA) is 76.3 Å². The van der Waals surface area contributed by atoms with E-state index >= 15 is 0 Å². The van der Waals surface area contributed by atoms with Gasteiger partial charge in [0, 0.05) is 61.2 Å². The molecule has 2 saturated heterocycles. The molecule has 2 aromatic heterocycles. The Morgan fingerprint density at radius 1 is 0.975 bits per heavy atom. The number of hydrogen-bond acceptors (Lipinski definition) is 6. The van der Waals surface area contributed by atoms with Crippen molar-refractivity contribution in [1.82, 2.24) is 24.6 Å². The minimum Gasteiger partial charge on any atom is -0.381 e. The third-order valence-corrected chi connectivity index (χ3v) is 9.69. The molecule has 0 spiro atoms. The van der Waals surface area contributed by atoms with Gasteiger partial charge in [0.1, 0.15) is 11.4 Å². The molecule has 3 aromatic rings. The van der Waals surface area contributed by atoms with Gasteiger partial charge in [-0.1, -0.05) is 64.3 Å². The molecule has 3 fully saturated rings. The van der Waals surface area contributed by atoms with Crippen molar-refractivity contribution in [2.24, 2.45) is 5.41 Å². The van der Waals surface area contributed by atoms with Gasteiger partial charge in [-0.15, -0.1) is 0 Å². The van der Waals surface area contributed by atoms with E-state index in [1.54, 1.807) is 0 Å². The molecule has 2 aliphatic heterocycles. The van der Waals surface area contributed by atoms with Gasteiger partial charge in [0.2, 0.25) is 0 Å². The van der Waals surface area contributed by atoms with E-state index in [2.05, 4.69) is 72.7 Å². The van der Waals surface area contributed by atoms with Crippen LogP contribution in [-0.2, 0) is 10.3 Å². The molecule has 40 heavy (non-hydrogen) atoms. The number of hydrogen-bond donors (Lipinski definition) is 1. The second kappa shape index (κ2) is 11.0. The van der Waals surface area contributed by atoms with Gasteiger partial charge < -0.3 is 14.7 Å². The highest BCUT2D eigenvalue weighted by molar-refractivity contribution is 5.56. The Morgan fingerprint density at radius 2 is 1.68 bits per heavy atom. The number of benzene rings is 1. The number of pyridine rings is 1. The summed E-state index contributed by atoms with van der Waals surface area (Å²) >= 11 is 0. The summed E-state index contributed by atoms with van der Waals surface area (Å²) in [4.78, 5) is 12.1. The van der Waals surface area contributed by atoms with E-state index in [0.29, 0.717) is 17.9 Å². The zero-order valence-corrected chi connectivity index (χ0v) is 24.6. The molecule has 214 valence electrons. The van der Waals surface area contributed by atoms with Crippen LogP contribution in [0, 0.1) is 5.41 Å². The Morgan fingerprint density at radius 3 is 2.33 bits per heavy atom. The van der Waals surface area contributed by atoms with Gasteiger partial charge >= 0.3 is 0 Å². The van der Waals surface area contributed by atoms with Gasteiger partial charge in [-0.3, -0.25) is 4.98 Å². The maximum atomic E-state index is 12.7. The van der Waals surface area contributed by atoms with Crippen LogP contribution in [0.1, 0.15) is 106 Å². The van der Waals surface area contributed by atoms with Crippen LogP contribution >= 0.6 is 0 Å². The lowest BCUT2D eigenvalue weighted by Crippen LogP contribution is -2.63. The SMILES string of the molecule is CC(C)c1ccc([C@](O)(c2cncc(-c3nc(C4CCOCC4)n(C4CCCCC4)n3)c2)C2(C)CN(C)C2)cc1. The van der Waals surface area contributed by atoms with Gasteiger partial charge in [-0.05, 0) is 55.8 Å². The lowest BCUT2D eigenvalue weighted by atomic mass is 9.62. The lowest BCUT2D eigenvalue weighted by Gasteiger charge is -2.55. The molecule has 1 saturated carbocycles. The maximum Gasteiger partial charge on any atom is 0.182 e. The zero-order chi connectivity index (χ0) is 27.9. The standard InChI is InChI=1S/C33H45N5O2/c1-23(2)24-10-12-27(13-11-24)33(39,32(3)21-37(4)22-32)28-18-26(19-34-20-28)30-35-31(25-14-16-40-17-15-25)38(36-30)29-8-6-5-7-9-29/h10-13,18-20,23,25,29,39H,5-9,14-17,21-22H2,1-4H3/t33-/m0/s1. The van der Waals surface area contributed by atoms with Crippen LogP contribution in [0.15, 0.2) is 42.7 Å². The van der Waals surface area contributed by atoms with E-state index in [9.17, 15) is 5.11 Å². The Bertz CT molecular complexity index is 1270. The first-order chi connectivity index (χ1) is 19.3. The van der Waals surface area contributed by atoms with Crippen LogP contribution in [0.4, 0.5) is 0 Å². The van der Waals surface area contributed by atoms with Crippen molar-refractivity contribution < 1.29 is 9.84 Å². The third kappa shape index (κ3) is 4.90. The van der Waals surface area contributed by atoms with Crippen LogP contribution in [0.2, 0.25) is 0 Å². The Labute approximate surface area is 239 Å². The first kappa shape index (κ1) is 27.6. The van der Waals surface area contributed by atoms with Crippen LogP contribution in [0.3, 0.4) is 0 Å². The van der Waals surface area contributed by atoms with E-state index in [4.69, 9.17) is 14.8 Å². The first-order valence-corrected chi connectivity index (χ1v) is 15.3. The minimum atomic E-state index is -1.19. The van der Waals surface area contributed by atoms with E-state index in [1.807, 2.05) is 12.4 Å². The largest absolute Gasteiger partial charge is 0.381 e. The molecule has 1 atom stereocenters. The molecule has 3 aliphatic rings. The Balaban J connectivity index is 1.41. The normalized spacial score (nSPS) is 22.2. The van der Waals surface area contributed by atoms with Crippen LogP contribution in [0.25, 0.3) is 11.4 Å². The van der Waals surface area contributed by atoms with Gasteiger partial charge in [0.15, 0.2) is 5.82 Å². The molecule has 0 amide bonds. The lowest BCUT2D eigenvalue weighted by molar-refractivity contribution is -0.127. The highest BCUT2D eigenvalue weighted by Gasteiger charge is 2.55. The average molecular weight is 544 g/mol. The smallest absolute Gasteiger partial charge is 0.182 e. The summed E-state index contributed by atoms with van der Waals surface area (Å²) in [6.07, 6.45) is 11.8. The van der Waals surface area contributed by atoms with E-state index in [0.717, 1.165) is 80.3 Å². The number of ether oxygens (including phenoxy) is 1. The second-order valence-corrected chi connectivity index (χ2v) is 13.1. The van der Waals surface area contributed by atoms with Crippen molar-refractivity contribution in [3.8, 4) is 11.4 Å². The molecule has 1 N–H and O–H groups in total. The predicted molar refractivity (Wildman–Crippen MR) is 157 cm³/mol. The van der Waals surface area contributed by atoms with Gasteiger partial charge in [-0.25, -0.2) is 9.67 Å². The number of nitrogens with zero attached hydrogens (tertiary/aromatic N) is 5. The van der Waals surface area contributed by atoms with E-state index < -0.39 is 5.60 Å². The van der Waals surface area contributed by atoms with E-state index in [-0.39, 0.29) is 5.41 Å². The Hall–Kier alpha value is -2.61. The summed E-state index contributed by atoms with van der Waals surface area (Å²) in [5.41, 5.74) is 2.33. The highest BCUT2D eigenvalue weighted by Crippen LogP contribution is 2.50. The van der Waals surface area contributed by atoms with Crippen molar-refractivity contribution >= 4 is 0 Å². The molecule has 7 heteroatoms. The fourth-order valence-corrected chi connectivity index (χ4v) is 7.39. The molecule has 0 unspecified atom stereocenters. The monoisotopic (exact) mass is 543 g/mol. The predicted octanol–water partition coefficient (Wildman–Crippen LogP) is 6.05. The maximum absolute atomic E-state index is 12.7. The van der Waals surface area contributed by atoms with Crippen molar-refractivity contribution in [2.75, 3.05) is 33.4 Å². The Kier molecular flexibility index (Phi) is 7.57. The summed E-state index contributed by atoms with van der Waals surface area (Å²) in [7, 11) is 2.11. The minimum absolute atomic E-state index is 0.344. The van der Waals surface area contributed by atoms with E-state index in [1.165, 1.54) is 24.8 Å². The van der Waals surface area contributed by atoms with Crippen molar-refractivity contribution in [3.63, 3.8) is 0 Å². The molecule has 1 aromatic carbocycles. The zero-order valence-electron chi connectivity index (χ0n) is 24.6. The molecular weight excluding hydrogens is 498 g/mol. The van der Waals surface area contributed by atoms with Crippen molar-refractivity contribution in [2.45, 2.75) is 89.2 Å². The molecule has 0 bridgehead atoms. The molecule has 1 aliphatic carbocycles.